The lowest BCUT2D eigenvalue weighted by Gasteiger charge is -2.26. The number of anilines is 1. The molecule has 0 bridgehead atoms. The maximum absolute atomic E-state index is 10.9. The van der Waals surface area contributed by atoms with Gasteiger partial charge in [-0.1, -0.05) is 12.1 Å². The van der Waals surface area contributed by atoms with Crippen LogP contribution < -0.4 is 5.73 Å². The van der Waals surface area contributed by atoms with Crippen molar-refractivity contribution in [1.29, 1.82) is 0 Å². The average molecular weight is 265 g/mol. The van der Waals surface area contributed by atoms with Gasteiger partial charge < -0.3 is 10.5 Å². The summed E-state index contributed by atoms with van der Waals surface area (Å²) >= 11 is 0. The van der Waals surface area contributed by atoms with E-state index in [1.165, 1.54) is 6.07 Å². The van der Waals surface area contributed by atoms with E-state index in [9.17, 15) is 10.1 Å². The number of nitro benzene ring substituents is 1. The van der Waals surface area contributed by atoms with Crippen LogP contribution in [0.4, 0.5) is 11.4 Å². The van der Waals surface area contributed by atoms with E-state index in [4.69, 9.17) is 10.5 Å². The van der Waals surface area contributed by atoms with Crippen LogP contribution in [0.1, 0.15) is 18.9 Å². The topological polar surface area (TPSA) is 81.6 Å². The summed E-state index contributed by atoms with van der Waals surface area (Å²) < 4.78 is 5.54. The van der Waals surface area contributed by atoms with Crippen molar-refractivity contribution in [2.24, 2.45) is 0 Å². The smallest absolute Gasteiger partial charge is 0.292 e. The Bertz CT molecular complexity index is 478. The number of para-hydroxylation sites is 1. The van der Waals surface area contributed by atoms with Gasteiger partial charge in [0.2, 0.25) is 0 Å². The number of hydrogen-bond acceptors (Lipinski definition) is 5. The van der Waals surface area contributed by atoms with Gasteiger partial charge >= 0.3 is 0 Å². The van der Waals surface area contributed by atoms with Crippen LogP contribution in [0.3, 0.4) is 0 Å². The summed E-state index contributed by atoms with van der Waals surface area (Å²) in [4.78, 5) is 12.6. The van der Waals surface area contributed by atoms with Crippen LogP contribution in [0.25, 0.3) is 0 Å². The quantitative estimate of drug-likeness (QED) is 0.510. The molecule has 1 saturated heterocycles. The van der Waals surface area contributed by atoms with E-state index < -0.39 is 4.92 Å². The molecule has 0 amide bonds. The molecule has 1 aliphatic heterocycles. The highest BCUT2D eigenvalue weighted by Crippen LogP contribution is 2.27. The van der Waals surface area contributed by atoms with Gasteiger partial charge in [-0.05, 0) is 26.0 Å². The third kappa shape index (κ3) is 2.85. The van der Waals surface area contributed by atoms with Gasteiger partial charge in [-0.3, -0.25) is 15.0 Å². The van der Waals surface area contributed by atoms with Gasteiger partial charge in [0.05, 0.1) is 11.0 Å². The fourth-order valence-electron chi connectivity index (χ4n) is 2.58. The van der Waals surface area contributed by atoms with Crippen molar-refractivity contribution in [3.05, 3.63) is 33.9 Å². The Labute approximate surface area is 112 Å². The summed E-state index contributed by atoms with van der Waals surface area (Å²) in [7, 11) is 1.99. The van der Waals surface area contributed by atoms with E-state index in [2.05, 4.69) is 4.90 Å². The van der Waals surface area contributed by atoms with Crippen molar-refractivity contribution in [3.8, 4) is 0 Å². The normalized spacial score (nSPS) is 22.9. The number of nitro groups is 1. The number of nitrogens with zero attached hydrogens (tertiary/aromatic N) is 2. The fraction of sp³-hybridized carbons (Fsp3) is 0.538. The number of rotatable bonds is 4. The lowest BCUT2D eigenvalue weighted by atomic mass is 10.1. The molecule has 2 rings (SSSR count). The van der Waals surface area contributed by atoms with Crippen molar-refractivity contribution in [3.63, 3.8) is 0 Å². The first-order valence-electron chi connectivity index (χ1n) is 6.34. The second kappa shape index (κ2) is 5.54. The summed E-state index contributed by atoms with van der Waals surface area (Å²) in [6.07, 6.45) is 1.16. The Morgan fingerprint density at radius 3 is 2.89 bits per heavy atom. The summed E-state index contributed by atoms with van der Waals surface area (Å²) in [5, 5.41) is 10.9. The predicted molar refractivity (Wildman–Crippen MR) is 72.8 cm³/mol. The molecule has 1 heterocycles. The van der Waals surface area contributed by atoms with Gasteiger partial charge in [0.15, 0.2) is 0 Å². The number of ether oxygens (including phenoxy) is 1. The van der Waals surface area contributed by atoms with E-state index in [1.54, 1.807) is 6.07 Å². The maximum Gasteiger partial charge on any atom is 0.292 e. The maximum atomic E-state index is 10.9. The zero-order chi connectivity index (χ0) is 14.0. The number of nitrogen functional groups attached to an aromatic ring is 1. The van der Waals surface area contributed by atoms with Crippen LogP contribution in [0.5, 0.6) is 0 Å². The molecule has 1 aromatic carbocycles. The molecule has 1 aromatic rings. The summed E-state index contributed by atoms with van der Waals surface area (Å²) in [6, 6.07) is 5.27. The zero-order valence-electron chi connectivity index (χ0n) is 11.2. The Kier molecular flexibility index (Phi) is 4.01. The molecule has 1 aliphatic rings. The highest BCUT2D eigenvalue weighted by atomic mass is 16.6. The number of hydrogen-bond donors (Lipinski definition) is 1. The molecular weight excluding hydrogens is 246 g/mol. The lowest BCUT2D eigenvalue weighted by Crippen LogP contribution is -2.36. The second-order valence-corrected chi connectivity index (χ2v) is 4.95. The van der Waals surface area contributed by atoms with Crippen LogP contribution in [0, 0.1) is 10.1 Å². The first kappa shape index (κ1) is 13.8. The lowest BCUT2D eigenvalue weighted by molar-refractivity contribution is -0.384. The molecule has 2 unspecified atom stereocenters. The van der Waals surface area contributed by atoms with Gasteiger partial charge in [0, 0.05) is 25.3 Å². The van der Waals surface area contributed by atoms with Crippen LogP contribution in [-0.2, 0) is 11.3 Å². The molecule has 19 heavy (non-hydrogen) atoms. The van der Waals surface area contributed by atoms with Gasteiger partial charge in [-0.25, -0.2) is 0 Å². The van der Waals surface area contributed by atoms with Gasteiger partial charge in [-0.15, -0.1) is 0 Å². The Morgan fingerprint density at radius 1 is 1.58 bits per heavy atom. The van der Waals surface area contributed by atoms with Crippen molar-refractivity contribution in [1.82, 2.24) is 4.90 Å². The Balaban J connectivity index is 2.15. The first-order chi connectivity index (χ1) is 9.00. The van der Waals surface area contributed by atoms with Gasteiger partial charge in [0.25, 0.3) is 5.69 Å². The molecule has 0 aliphatic carbocycles. The molecule has 2 atom stereocenters. The minimum Gasteiger partial charge on any atom is -0.393 e. The molecule has 0 aromatic heterocycles. The third-order valence-corrected chi connectivity index (χ3v) is 3.69. The Hall–Kier alpha value is -1.66. The first-order valence-corrected chi connectivity index (χ1v) is 6.34. The van der Waals surface area contributed by atoms with Crippen LogP contribution in [0.2, 0.25) is 0 Å². The highest BCUT2D eigenvalue weighted by molar-refractivity contribution is 5.62. The summed E-state index contributed by atoms with van der Waals surface area (Å²) in [5.74, 6) is 0. The minimum absolute atomic E-state index is 0.0263. The van der Waals surface area contributed by atoms with Gasteiger partial charge in [0.1, 0.15) is 5.69 Å². The Morgan fingerprint density at radius 2 is 2.32 bits per heavy atom. The largest absolute Gasteiger partial charge is 0.393 e. The van der Waals surface area contributed by atoms with Crippen LogP contribution in [-0.4, -0.2) is 35.6 Å². The zero-order valence-corrected chi connectivity index (χ0v) is 11.2. The molecule has 6 heteroatoms. The molecule has 1 fully saturated rings. The third-order valence-electron chi connectivity index (χ3n) is 3.69. The van der Waals surface area contributed by atoms with Crippen molar-refractivity contribution >= 4 is 11.4 Å². The SMILES string of the molecule is CC1OCCC1N(C)Cc1cccc([N+](=O)[O-])c1N. The van der Waals surface area contributed by atoms with Crippen molar-refractivity contribution in [2.75, 3.05) is 19.4 Å². The molecule has 0 radical (unpaired) electrons. The van der Waals surface area contributed by atoms with E-state index in [1.807, 2.05) is 20.0 Å². The number of benzene rings is 1. The van der Waals surface area contributed by atoms with Crippen LogP contribution in [0.15, 0.2) is 18.2 Å². The standard InChI is InChI=1S/C13H19N3O3/c1-9-11(6-7-19-9)15(2)8-10-4-3-5-12(13(10)14)16(17)18/h3-5,9,11H,6-8,14H2,1-2H3. The van der Waals surface area contributed by atoms with E-state index >= 15 is 0 Å². The molecular formula is C13H19N3O3. The number of likely N-dealkylation sites (N-methyl/N-ethyl adjacent to an activating group) is 1. The van der Waals surface area contributed by atoms with Crippen molar-refractivity contribution < 1.29 is 9.66 Å². The average Bonchev–Trinajstić information content (AvgIpc) is 2.77. The van der Waals surface area contributed by atoms with Crippen LogP contribution >= 0.6 is 0 Å². The molecule has 2 N–H and O–H groups in total. The molecule has 104 valence electrons. The van der Waals surface area contributed by atoms with Crippen molar-refractivity contribution in [2.45, 2.75) is 32.0 Å². The van der Waals surface area contributed by atoms with Gasteiger partial charge in [-0.2, -0.15) is 0 Å². The van der Waals surface area contributed by atoms with E-state index in [-0.39, 0.29) is 17.5 Å². The fourth-order valence-corrected chi connectivity index (χ4v) is 2.58. The van der Waals surface area contributed by atoms with E-state index in [0.29, 0.717) is 12.6 Å². The second-order valence-electron chi connectivity index (χ2n) is 4.95. The minimum atomic E-state index is -0.444. The predicted octanol–water partition coefficient (Wildman–Crippen LogP) is 1.79. The monoisotopic (exact) mass is 265 g/mol. The molecule has 6 nitrogen and oxygen atoms in total. The molecule has 0 spiro atoms. The summed E-state index contributed by atoms with van der Waals surface area (Å²) in [6.45, 7) is 3.40. The number of nitrogens with two attached hydrogens (primary N) is 1. The molecule has 0 saturated carbocycles. The van der Waals surface area contributed by atoms with E-state index in [0.717, 1.165) is 18.6 Å². The highest BCUT2D eigenvalue weighted by Gasteiger charge is 2.28. The summed E-state index contributed by atoms with van der Waals surface area (Å²) in [5.41, 5.74) is 6.88.